The molecule has 0 radical (unpaired) electrons. The Kier molecular flexibility index (Phi) is 2.95. The molecule has 0 aliphatic carbocycles. The summed E-state index contributed by atoms with van der Waals surface area (Å²) in [6.45, 7) is 3.85. The van der Waals surface area contributed by atoms with E-state index in [9.17, 15) is 5.11 Å². The second-order valence-electron chi connectivity index (χ2n) is 4.65. The van der Waals surface area contributed by atoms with Crippen molar-refractivity contribution in [2.45, 2.75) is 13.8 Å². The summed E-state index contributed by atoms with van der Waals surface area (Å²) in [7, 11) is 0. The van der Waals surface area contributed by atoms with Crippen LogP contribution in [0.3, 0.4) is 0 Å². The maximum atomic E-state index is 9.78. The highest BCUT2D eigenvalue weighted by atomic mass is 16.3. The minimum Gasteiger partial charge on any atom is -0.504 e. The van der Waals surface area contributed by atoms with Crippen LogP contribution in [0.2, 0.25) is 0 Å². The third-order valence-electron chi connectivity index (χ3n) is 3.03. The molecule has 20 heavy (non-hydrogen) atoms. The predicted molar refractivity (Wildman–Crippen MR) is 76.9 cm³/mol. The van der Waals surface area contributed by atoms with Gasteiger partial charge >= 0.3 is 0 Å². The van der Waals surface area contributed by atoms with Gasteiger partial charge in [-0.05, 0) is 43.7 Å². The molecule has 3 rings (SSSR count). The quantitative estimate of drug-likeness (QED) is 0.710. The van der Waals surface area contributed by atoms with Crippen molar-refractivity contribution in [3.63, 3.8) is 0 Å². The number of hydrogen-bond donors (Lipinski definition) is 1. The van der Waals surface area contributed by atoms with Crippen LogP contribution in [-0.2, 0) is 0 Å². The first-order valence-electron chi connectivity index (χ1n) is 6.30. The van der Waals surface area contributed by atoms with E-state index in [0.29, 0.717) is 11.5 Å². The van der Waals surface area contributed by atoms with Crippen LogP contribution in [0.5, 0.6) is 5.75 Å². The van der Waals surface area contributed by atoms with Crippen LogP contribution in [0.1, 0.15) is 11.3 Å². The lowest BCUT2D eigenvalue weighted by molar-refractivity contribution is 0.477. The van der Waals surface area contributed by atoms with Crippen molar-refractivity contribution in [2.75, 3.05) is 0 Å². The van der Waals surface area contributed by atoms with Crippen LogP contribution in [0.25, 0.3) is 5.65 Å². The molecule has 0 aliphatic rings. The van der Waals surface area contributed by atoms with Gasteiger partial charge < -0.3 is 5.11 Å². The van der Waals surface area contributed by atoms with Crippen molar-refractivity contribution in [1.82, 2.24) is 9.38 Å². The van der Waals surface area contributed by atoms with Gasteiger partial charge in [-0.25, -0.2) is 4.98 Å². The fourth-order valence-electron chi connectivity index (χ4n) is 2.07. The van der Waals surface area contributed by atoms with E-state index >= 15 is 0 Å². The molecule has 0 saturated heterocycles. The molecule has 0 amide bonds. The van der Waals surface area contributed by atoms with Gasteiger partial charge in [0.1, 0.15) is 0 Å². The Morgan fingerprint density at radius 1 is 1.10 bits per heavy atom. The van der Waals surface area contributed by atoms with Crippen LogP contribution in [-0.4, -0.2) is 14.5 Å². The maximum Gasteiger partial charge on any atom is 0.182 e. The number of hydrogen-bond acceptors (Lipinski definition) is 4. The summed E-state index contributed by atoms with van der Waals surface area (Å²) >= 11 is 0. The first-order valence-corrected chi connectivity index (χ1v) is 6.30. The molecule has 1 aromatic carbocycles. The summed E-state index contributed by atoms with van der Waals surface area (Å²) in [4.78, 5) is 4.30. The van der Waals surface area contributed by atoms with Gasteiger partial charge in [-0.3, -0.25) is 4.40 Å². The Bertz CT molecular complexity index is 805. The van der Waals surface area contributed by atoms with E-state index in [1.807, 2.05) is 38.1 Å². The molecule has 0 atom stereocenters. The number of azo groups is 1. The van der Waals surface area contributed by atoms with Crippen molar-refractivity contribution in [2.24, 2.45) is 10.2 Å². The highest BCUT2D eigenvalue weighted by molar-refractivity contribution is 5.59. The van der Waals surface area contributed by atoms with E-state index in [1.165, 1.54) is 0 Å². The van der Waals surface area contributed by atoms with Gasteiger partial charge in [-0.2, -0.15) is 0 Å². The number of benzene rings is 1. The third kappa shape index (κ3) is 2.14. The number of aromatic hydroxyl groups is 1. The molecule has 3 aromatic rings. The third-order valence-corrected chi connectivity index (χ3v) is 3.03. The van der Waals surface area contributed by atoms with Crippen molar-refractivity contribution < 1.29 is 5.11 Å². The Morgan fingerprint density at radius 2 is 1.95 bits per heavy atom. The monoisotopic (exact) mass is 266 g/mol. The lowest BCUT2D eigenvalue weighted by Crippen LogP contribution is -1.82. The summed E-state index contributed by atoms with van der Waals surface area (Å²) in [5.41, 5.74) is 3.14. The molecule has 0 bridgehead atoms. The van der Waals surface area contributed by atoms with Gasteiger partial charge in [0.05, 0.1) is 11.4 Å². The predicted octanol–water partition coefficient (Wildman–Crippen LogP) is 4.07. The van der Waals surface area contributed by atoms with Gasteiger partial charge in [0, 0.05) is 6.20 Å². The van der Waals surface area contributed by atoms with E-state index < -0.39 is 0 Å². The summed E-state index contributed by atoms with van der Waals surface area (Å²) in [5, 5.41) is 18.3. The van der Waals surface area contributed by atoms with Gasteiger partial charge in [0.15, 0.2) is 17.2 Å². The molecule has 2 aromatic heterocycles. The van der Waals surface area contributed by atoms with Crippen LogP contribution >= 0.6 is 0 Å². The zero-order valence-electron chi connectivity index (χ0n) is 11.3. The van der Waals surface area contributed by atoms with Crippen molar-refractivity contribution in [3.8, 4) is 5.75 Å². The fraction of sp³-hybridized carbons (Fsp3) is 0.133. The average Bonchev–Trinajstić information content (AvgIpc) is 2.74. The van der Waals surface area contributed by atoms with E-state index in [2.05, 4.69) is 15.2 Å². The maximum absolute atomic E-state index is 9.78. The number of fused-ring (bicyclic) bond motifs is 1. The molecule has 5 nitrogen and oxygen atoms in total. The highest BCUT2D eigenvalue weighted by Gasteiger charge is 2.10. The molecule has 0 fully saturated rings. The molecule has 100 valence electrons. The van der Waals surface area contributed by atoms with Crippen LogP contribution in [0.15, 0.2) is 52.8 Å². The van der Waals surface area contributed by atoms with E-state index in [0.717, 1.165) is 16.9 Å². The number of imidazole rings is 1. The Labute approximate surface area is 116 Å². The smallest absolute Gasteiger partial charge is 0.182 e. The normalized spacial score (nSPS) is 11.5. The molecule has 2 heterocycles. The second kappa shape index (κ2) is 4.77. The summed E-state index contributed by atoms with van der Waals surface area (Å²) < 4.78 is 1.73. The minimum atomic E-state index is 0.132. The van der Waals surface area contributed by atoms with E-state index in [1.54, 1.807) is 22.7 Å². The lowest BCUT2D eigenvalue weighted by Gasteiger charge is -1.98. The van der Waals surface area contributed by atoms with Gasteiger partial charge in [0.2, 0.25) is 0 Å². The van der Waals surface area contributed by atoms with Crippen LogP contribution in [0, 0.1) is 13.8 Å². The lowest BCUT2D eigenvalue weighted by atomic mass is 10.2. The Hall–Kier alpha value is -2.69. The summed E-state index contributed by atoms with van der Waals surface area (Å²) in [6.07, 6.45) is 1.81. The minimum absolute atomic E-state index is 0.132. The van der Waals surface area contributed by atoms with E-state index in [-0.39, 0.29) is 5.75 Å². The number of aryl methyl sites for hydroxylation is 2. The average molecular weight is 266 g/mol. The molecule has 5 heteroatoms. The fourth-order valence-corrected chi connectivity index (χ4v) is 2.07. The van der Waals surface area contributed by atoms with Gasteiger partial charge in [-0.15, -0.1) is 10.2 Å². The summed E-state index contributed by atoms with van der Waals surface area (Å²) in [6, 6.07) is 11.2. The standard InChI is InChI=1S/C15H14N4O/c1-10-5-3-6-12(9-10)17-18-14-11(2)16-15-13(20)7-4-8-19(14)15/h3-9,20H,1-2H3. The molecule has 0 unspecified atom stereocenters. The SMILES string of the molecule is Cc1cccc(N=Nc2c(C)nc3c(O)cccn23)c1. The molecule has 0 saturated carbocycles. The first kappa shape index (κ1) is 12.3. The van der Waals surface area contributed by atoms with Crippen LogP contribution in [0.4, 0.5) is 11.5 Å². The van der Waals surface area contributed by atoms with Crippen molar-refractivity contribution >= 4 is 17.2 Å². The summed E-state index contributed by atoms with van der Waals surface area (Å²) in [5.74, 6) is 0.755. The van der Waals surface area contributed by atoms with Gasteiger partial charge in [0.25, 0.3) is 0 Å². The largest absolute Gasteiger partial charge is 0.504 e. The number of nitrogens with zero attached hydrogens (tertiary/aromatic N) is 4. The second-order valence-corrected chi connectivity index (χ2v) is 4.65. The topological polar surface area (TPSA) is 62.2 Å². The number of pyridine rings is 1. The molecule has 1 N–H and O–H groups in total. The highest BCUT2D eigenvalue weighted by Crippen LogP contribution is 2.27. The van der Waals surface area contributed by atoms with Crippen LogP contribution < -0.4 is 0 Å². The van der Waals surface area contributed by atoms with Crippen molar-refractivity contribution in [3.05, 3.63) is 53.9 Å². The zero-order valence-corrected chi connectivity index (χ0v) is 11.3. The molecule has 0 aliphatic heterocycles. The number of rotatable bonds is 2. The zero-order chi connectivity index (χ0) is 14.1. The Morgan fingerprint density at radius 3 is 2.75 bits per heavy atom. The van der Waals surface area contributed by atoms with Crippen molar-refractivity contribution in [1.29, 1.82) is 0 Å². The molecule has 0 spiro atoms. The molecular formula is C15H14N4O. The first-order chi connectivity index (χ1) is 9.65. The van der Waals surface area contributed by atoms with E-state index in [4.69, 9.17) is 0 Å². The Balaban J connectivity index is 2.07. The molecular weight excluding hydrogens is 252 g/mol. The number of aromatic nitrogens is 2. The van der Waals surface area contributed by atoms with Gasteiger partial charge in [-0.1, -0.05) is 12.1 Å².